The van der Waals surface area contributed by atoms with E-state index in [-0.39, 0.29) is 10.8 Å². The molecule has 0 unspecified atom stereocenters. The van der Waals surface area contributed by atoms with E-state index in [1.807, 2.05) is 0 Å². The molecule has 0 radical (unpaired) electrons. The lowest BCUT2D eigenvalue weighted by Crippen LogP contribution is -3.41. The first kappa shape index (κ1) is 13.7. The van der Waals surface area contributed by atoms with Crippen molar-refractivity contribution in [2.24, 2.45) is 10.8 Å². The lowest BCUT2D eigenvalue weighted by atomic mass is 9.62. The highest BCUT2D eigenvalue weighted by Gasteiger charge is 2.68. The van der Waals surface area contributed by atoms with E-state index in [9.17, 15) is 4.79 Å². The third kappa shape index (κ3) is 1.69. The van der Waals surface area contributed by atoms with E-state index in [1.165, 1.54) is 16.3 Å². The van der Waals surface area contributed by atoms with Gasteiger partial charge < -0.3 is 0 Å². The summed E-state index contributed by atoms with van der Waals surface area (Å²) in [7, 11) is 0. The molecule has 3 heteroatoms. The fraction of sp³-hybridized carbons (Fsp3) is 0.450. The molecule has 2 aromatic carbocycles. The monoisotopic (exact) mass is 308 g/mol. The molecule has 4 saturated heterocycles. The van der Waals surface area contributed by atoms with Crippen molar-refractivity contribution in [1.82, 2.24) is 0 Å². The molecular weight excluding hydrogens is 284 g/mol. The van der Waals surface area contributed by atoms with Gasteiger partial charge in [0.1, 0.15) is 10.8 Å². The maximum atomic E-state index is 12.8. The van der Waals surface area contributed by atoms with E-state index >= 15 is 0 Å². The van der Waals surface area contributed by atoms with Crippen molar-refractivity contribution in [1.29, 1.82) is 0 Å². The first-order valence-corrected chi connectivity index (χ1v) is 8.72. The van der Waals surface area contributed by atoms with Crippen molar-refractivity contribution in [2.75, 3.05) is 26.2 Å². The molecule has 4 aliphatic rings. The summed E-state index contributed by atoms with van der Waals surface area (Å²) >= 11 is 0. The van der Waals surface area contributed by atoms with Gasteiger partial charge in [0.25, 0.3) is 0 Å². The number of rotatable bonds is 1. The smallest absolute Gasteiger partial charge is 0.240 e. The molecule has 6 rings (SSSR count). The van der Waals surface area contributed by atoms with Crippen LogP contribution >= 0.6 is 0 Å². The van der Waals surface area contributed by atoms with Gasteiger partial charge in [0.2, 0.25) is 6.17 Å². The summed E-state index contributed by atoms with van der Waals surface area (Å²) in [5, 5.41) is 2.71. The van der Waals surface area contributed by atoms with Crippen LogP contribution in [0.25, 0.3) is 10.8 Å². The number of nitrogens with one attached hydrogen (secondary N) is 2. The first-order chi connectivity index (χ1) is 11.0. The number of hydrogen-bond acceptors (Lipinski definition) is 1. The molecule has 23 heavy (non-hydrogen) atoms. The highest BCUT2D eigenvalue weighted by molar-refractivity contribution is 5.91. The third-order valence-corrected chi connectivity index (χ3v) is 6.52. The average molecular weight is 308 g/mol. The van der Waals surface area contributed by atoms with Gasteiger partial charge in [0.05, 0.1) is 31.7 Å². The molecule has 0 aliphatic carbocycles. The fourth-order valence-electron chi connectivity index (χ4n) is 5.94. The van der Waals surface area contributed by atoms with Gasteiger partial charge in [-0.3, -0.25) is 14.6 Å². The fourth-order valence-corrected chi connectivity index (χ4v) is 5.94. The first-order valence-electron chi connectivity index (χ1n) is 8.72. The zero-order valence-electron chi connectivity index (χ0n) is 13.9. The summed E-state index contributed by atoms with van der Waals surface area (Å²) in [5.74, 6) is 0.522. The summed E-state index contributed by atoms with van der Waals surface area (Å²) in [4.78, 5) is 16.1. The molecule has 3 nitrogen and oxygen atoms in total. The summed E-state index contributed by atoms with van der Waals surface area (Å²) in [6.07, 6.45) is 0.482. The van der Waals surface area contributed by atoms with E-state index < -0.39 is 0 Å². The van der Waals surface area contributed by atoms with Crippen LogP contribution in [0.5, 0.6) is 0 Å². The van der Waals surface area contributed by atoms with E-state index in [0.29, 0.717) is 11.9 Å². The summed E-state index contributed by atoms with van der Waals surface area (Å²) < 4.78 is 0. The lowest BCUT2D eigenvalue weighted by molar-refractivity contribution is -1.18. The summed E-state index contributed by atoms with van der Waals surface area (Å²) in [6, 6.07) is 15.4. The second kappa shape index (κ2) is 4.22. The molecule has 0 aromatic heterocycles. The van der Waals surface area contributed by atoms with Crippen LogP contribution in [0.15, 0.2) is 42.5 Å². The number of hydrogen-bond donors (Lipinski definition) is 2. The third-order valence-electron chi connectivity index (χ3n) is 6.52. The maximum absolute atomic E-state index is 12.8. The van der Waals surface area contributed by atoms with E-state index in [1.54, 1.807) is 9.80 Å². The number of benzene rings is 2. The van der Waals surface area contributed by atoms with Gasteiger partial charge in [-0.15, -0.1) is 0 Å². The lowest BCUT2D eigenvalue weighted by Gasteiger charge is -2.59. The minimum atomic E-state index is -0.114. The van der Waals surface area contributed by atoms with Crippen LogP contribution in [0.1, 0.15) is 25.6 Å². The van der Waals surface area contributed by atoms with Crippen molar-refractivity contribution in [3.8, 4) is 0 Å². The van der Waals surface area contributed by atoms with Gasteiger partial charge >= 0.3 is 0 Å². The molecule has 0 atom stereocenters. The van der Waals surface area contributed by atoms with Crippen LogP contribution in [-0.2, 0) is 4.79 Å². The summed E-state index contributed by atoms with van der Waals surface area (Å²) in [6.45, 7) is 8.39. The van der Waals surface area contributed by atoms with Crippen LogP contribution in [0.3, 0.4) is 0 Å². The molecule has 118 valence electrons. The minimum absolute atomic E-state index is 0.114. The van der Waals surface area contributed by atoms with Gasteiger partial charge in [0.15, 0.2) is 5.78 Å². The van der Waals surface area contributed by atoms with E-state index in [2.05, 4.69) is 56.3 Å². The zero-order valence-corrected chi connectivity index (χ0v) is 13.9. The van der Waals surface area contributed by atoms with Gasteiger partial charge in [-0.05, 0) is 30.7 Å². The average Bonchev–Trinajstić information content (AvgIpc) is 2.51. The number of quaternary nitrogens is 2. The molecule has 4 aliphatic heterocycles. The SMILES string of the molecule is CC12C[NH+]3CC(C)(C[NH+](C1)C3c1cccc3ccccc13)C2=O. The van der Waals surface area contributed by atoms with Gasteiger partial charge in [-0.25, -0.2) is 0 Å². The van der Waals surface area contributed by atoms with Crippen LogP contribution in [0.4, 0.5) is 0 Å². The molecule has 4 bridgehead atoms. The van der Waals surface area contributed by atoms with E-state index in [4.69, 9.17) is 0 Å². The Labute approximate surface area is 136 Å². The zero-order chi connectivity index (χ0) is 15.8. The molecule has 2 N–H and O–H groups in total. The van der Waals surface area contributed by atoms with Gasteiger partial charge in [-0.1, -0.05) is 36.4 Å². The highest BCUT2D eigenvalue weighted by atomic mass is 16.1. The Kier molecular flexibility index (Phi) is 2.52. The summed E-state index contributed by atoms with van der Waals surface area (Å²) in [5.41, 5.74) is 1.24. The van der Waals surface area contributed by atoms with Crippen LogP contribution in [0, 0.1) is 10.8 Å². The quantitative estimate of drug-likeness (QED) is 0.775. The molecule has 0 saturated carbocycles. The van der Waals surface area contributed by atoms with Crippen molar-refractivity contribution >= 4 is 16.6 Å². The van der Waals surface area contributed by atoms with Crippen molar-refractivity contribution in [3.05, 3.63) is 48.0 Å². The molecular formula is C20H24N2O+2. The number of fused-ring (bicyclic) bond motifs is 1. The topological polar surface area (TPSA) is 26.0 Å². The molecule has 2 aromatic rings. The Morgan fingerprint density at radius 2 is 1.43 bits per heavy atom. The molecule has 0 amide bonds. The Bertz CT molecular complexity index is 782. The second-order valence-electron chi connectivity index (χ2n) is 8.48. The normalized spacial score (nSPS) is 41.7. The second-order valence-corrected chi connectivity index (χ2v) is 8.48. The number of carbonyl (C=O) groups excluding carboxylic acids is 1. The number of ketones is 1. The van der Waals surface area contributed by atoms with E-state index in [0.717, 1.165) is 26.2 Å². The van der Waals surface area contributed by atoms with Crippen molar-refractivity contribution in [3.63, 3.8) is 0 Å². The van der Waals surface area contributed by atoms with Crippen molar-refractivity contribution in [2.45, 2.75) is 20.0 Å². The molecule has 4 heterocycles. The predicted molar refractivity (Wildman–Crippen MR) is 89.3 cm³/mol. The van der Waals surface area contributed by atoms with Crippen LogP contribution in [0.2, 0.25) is 0 Å². The number of carbonyl (C=O) groups is 1. The maximum Gasteiger partial charge on any atom is 0.240 e. The largest absolute Gasteiger partial charge is 0.297 e. The molecule has 4 fully saturated rings. The Morgan fingerprint density at radius 3 is 2.09 bits per heavy atom. The Hall–Kier alpha value is -1.71. The van der Waals surface area contributed by atoms with Crippen LogP contribution in [-0.4, -0.2) is 32.0 Å². The Morgan fingerprint density at radius 1 is 0.870 bits per heavy atom. The van der Waals surface area contributed by atoms with Crippen molar-refractivity contribution < 1.29 is 14.6 Å². The van der Waals surface area contributed by atoms with Crippen LogP contribution < -0.4 is 9.80 Å². The predicted octanol–water partition coefficient (Wildman–Crippen LogP) is 0.231. The molecule has 0 spiro atoms. The standard InChI is InChI=1S/C20H22N2O/c1-19-10-21-12-20(2,18(19)23)13-22(11-19)17(21)16-9-5-7-14-6-3-4-8-15(14)16/h3-9,17H,10-13H2,1-2H3/p+2. The van der Waals surface area contributed by atoms with Gasteiger partial charge in [-0.2, -0.15) is 0 Å². The van der Waals surface area contributed by atoms with Gasteiger partial charge in [0, 0.05) is 0 Å². The number of Topliss-reactive ketones (excluding diaryl/α,β-unsaturated/α-hetero) is 1. The Balaban J connectivity index is 1.65. The minimum Gasteiger partial charge on any atom is -0.297 e. The highest BCUT2D eigenvalue weighted by Crippen LogP contribution is 2.36. The number of piperidine rings is 2.